The second kappa shape index (κ2) is 7.25. The van der Waals surface area contributed by atoms with Crippen LogP contribution in [0.25, 0.3) is 0 Å². The summed E-state index contributed by atoms with van der Waals surface area (Å²) in [5.74, 6) is -2.58. The molecule has 0 radical (unpaired) electrons. The molecule has 152 valence electrons. The molecule has 0 aliphatic rings. The highest BCUT2D eigenvalue weighted by atomic mass is 19.4. The highest BCUT2D eigenvalue weighted by Gasteiger charge is 2.41. The maximum atomic E-state index is 12.9. The van der Waals surface area contributed by atoms with Gasteiger partial charge in [0.15, 0.2) is 0 Å². The third kappa shape index (κ3) is 4.32. The molecule has 0 bridgehead atoms. The van der Waals surface area contributed by atoms with E-state index in [1.807, 2.05) is 0 Å². The average molecular weight is 408 g/mol. The Kier molecular flexibility index (Phi) is 5.54. The summed E-state index contributed by atoms with van der Waals surface area (Å²) in [4.78, 5) is 11.8. The fourth-order valence-electron chi connectivity index (χ4n) is 2.42. The number of methoxy groups -OCH3 is 1. The van der Waals surface area contributed by atoms with Crippen LogP contribution in [0.1, 0.15) is 23.6 Å². The molecular formula is C18H14F6O4. The van der Waals surface area contributed by atoms with Crippen molar-refractivity contribution in [3.8, 4) is 11.5 Å². The summed E-state index contributed by atoms with van der Waals surface area (Å²) in [5, 5.41) is 9.53. The Morgan fingerprint density at radius 3 is 2.04 bits per heavy atom. The second-order valence-electron chi connectivity index (χ2n) is 5.88. The third-order valence-electron chi connectivity index (χ3n) is 3.95. The molecule has 0 aliphatic carbocycles. The number of hydrogen-bond donors (Lipinski definition) is 1. The normalized spacial score (nSPS) is 14.3. The summed E-state index contributed by atoms with van der Waals surface area (Å²) in [7, 11) is 0.984. The zero-order valence-electron chi connectivity index (χ0n) is 14.5. The van der Waals surface area contributed by atoms with Gasteiger partial charge in [-0.1, -0.05) is 12.1 Å². The molecule has 0 spiro atoms. The van der Waals surface area contributed by atoms with E-state index < -0.39 is 40.8 Å². The smallest absolute Gasteiger partial charge is 0.419 e. The highest BCUT2D eigenvalue weighted by Crippen LogP contribution is 2.40. The quantitative estimate of drug-likeness (QED) is 0.699. The van der Waals surface area contributed by atoms with Gasteiger partial charge in [0.25, 0.3) is 0 Å². The van der Waals surface area contributed by atoms with Gasteiger partial charge in [0.05, 0.1) is 18.2 Å². The zero-order chi connectivity index (χ0) is 21.3. The van der Waals surface area contributed by atoms with E-state index in [1.54, 1.807) is 0 Å². The lowest BCUT2D eigenvalue weighted by molar-refractivity contribution is -0.155. The van der Waals surface area contributed by atoms with Crippen molar-refractivity contribution >= 4 is 5.97 Å². The van der Waals surface area contributed by atoms with Crippen molar-refractivity contribution in [2.45, 2.75) is 24.9 Å². The summed E-state index contributed by atoms with van der Waals surface area (Å²) in [6.07, 6.45) is -9.44. The van der Waals surface area contributed by atoms with E-state index in [4.69, 9.17) is 4.74 Å². The first-order valence-electron chi connectivity index (χ1n) is 7.64. The molecule has 1 N–H and O–H groups in total. The van der Waals surface area contributed by atoms with Crippen molar-refractivity contribution in [1.29, 1.82) is 0 Å². The number of benzene rings is 2. The van der Waals surface area contributed by atoms with Crippen LogP contribution in [0, 0.1) is 0 Å². The first kappa shape index (κ1) is 21.4. The number of carboxylic acid groups (broad SMARTS) is 1. The van der Waals surface area contributed by atoms with Crippen molar-refractivity contribution in [3.05, 3.63) is 59.2 Å². The summed E-state index contributed by atoms with van der Waals surface area (Å²) in [5.41, 5.74) is -4.84. The standard InChI is InChI=1S/C18H14F6O4/c1-16(15(25)26,10-4-3-5-11(8-10)17(19,20)21)28-12-6-7-13(18(22,23)24)14(9-12)27-2/h3-9H,1-2H3,(H,25,26). The topological polar surface area (TPSA) is 55.8 Å². The van der Waals surface area contributed by atoms with E-state index >= 15 is 0 Å². The van der Waals surface area contributed by atoms with Crippen LogP contribution in [-0.4, -0.2) is 18.2 Å². The molecule has 0 fully saturated rings. The maximum absolute atomic E-state index is 12.9. The minimum Gasteiger partial charge on any atom is -0.496 e. The van der Waals surface area contributed by atoms with Crippen molar-refractivity contribution in [3.63, 3.8) is 0 Å². The van der Waals surface area contributed by atoms with Crippen LogP contribution >= 0.6 is 0 Å². The average Bonchev–Trinajstić information content (AvgIpc) is 2.59. The van der Waals surface area contributed by atoms with Crippen LogP contribution in [0.2, 0.25) is 0 Å². The van der Waals surface area contributed by atoms with Crippen molar-refractivity contribution in [2.24, 2.45) is 0 Å². The van der Waals surface area contributed by atoms with Gasteiger partial charge in [-0.3, -0.25) is 0 Å². The molecule has 0 amide bonds. The monoisotopic (exact) mass is 408 g/mol. The predicted octanol–water partition coefficient (Wildman–Crippen LogP) is 5.11. The highest BCUT2D eigenvalue weighted by molar-refractivity contribution is 5.79. The fraction of sp³-hybridized carbons (Fsp3) is 0.278. The Labute approximate surface area is 155 Å². The molecule has 2 aromatic rings. The summed E-state index contributed by atoms with van der Waals surface area (Å²) in [6, 6.07) is 5.80. The van der Waals surface area contributed by atoms with Gasteiger partial charge in [-0.25, -0.2) is 4.79 Å². The predicted molar refractivity (Wildman–Crippen MR) is 85.1 cm³/mol. The van der Waals surface area contributed by atoms with Crippen LogP contribution < -0.4 is 9.47 Å². The number of ether oxygens (including phenoxy) is 2. The molecule has 1 atom stereocenters. The van der Waals surface area contributed by atoms with Gasteiger partial charge < -0.3 is 14.6 Å². The van der Waals surface area contributed by atoms with Gasteiger partial charge in [-0.15, -0.1) is 0 Å². The van der Waals surface area contributed by atoms with Gasteiger partial charge in [0.2, 0.25) is 5.60 Å². The van der Waals surface area contributed by atoms with E-state index in [9.17, 15) is 36.2 Å². The summed E-state index contributed by atoms with van der Waals surface area (Å²) in [6.45, 7) is 0.995. The zero-order valence-corrected chi connectivity index (χ0v) is 14.5. The Balaban J connectivity index is 2.50. The van der Waals surface area contributed by atoms with Crippen molar-refractivity contribution in [2.75, 3.05) is 7.11 Å². The Bertz CT molecular complexity index is 875. The van der Waals surface area contributed by atoms with E-state index in [0.29, 0.717) is 12.1 Å². The van der Waals surface area contributed by atoms with Crippen LogP contribution in [0.4, 0.5) is 26.3 Å². The molecule has 0 saturated carbocycles. The molecule has 0 saturated heterocycles. The number of halogens is 6. The molecular weight excluding hydrogens is 394 g/mol. The Morgan fingerprint density at radius 1 is 0.929 bits per heavy atom. The van der Waals surface area contributed by atoms with E-state index in [2.05, 4.69) is 4.74 Å². The lowest BCUT2D eigenvalue weighted by atomic mass is 9.94. The molecule has 0 aromatic heterocycles. The lowest BCUT2D eigenvalue weighted by Crippen LogP contribution is -2.38. The molecule has 0 aliphatic heterocycles. The number of carbonyl (C=O) groups is 1. The number of hydrogen-bond acceptors (Lipinski definition) is 3. The van der Waals surface area contributed by atoms with E-state index in [1.165, 1.54) is 0 Å². The molecule has 1 unspecified atom stereocenters. The maximum Gasteiger partial charge on any atom is 0.419 e. The van der Waals surface area contributed by atoms with Crippen molar-refractivity contribution in [1.82, 2.24) is 0 Å². The molecule has 10 heteroatoms. The third-order valence-corrected chi connectivity index (χ3v) is 3.95. The number of rotatable bonds is 5. The van der Waals surface area contributed by atoms with Crippen LogP contribution in [-0.2, 0) is 22.7 Å². The number of alkyl halides is 6. The number of carboxylic acids is 1. The first-order chi connectivity index (χ1) is 12.8. The van der Waals surface area contributed by atoms with E-state index in [0.717, 1.165) is 44.4 Å². The Hall–Kier alpha value is -2.91. The molecule has 28 heavy (non-hydrogen) atoms. The minimum absolute atomic E-state index is 0.327. The van der Waals surface area contributed by atoms with Crippen LogP contribution in [0.5, 0.6) is 11.5 Å². The largest absolute Gasteiger partial charge is 0.496 e. The minimum atomic E-state index is -4.72. The van der Waals surface area contributed by atoms with Gasteiger partial charge in [0, 0.05) is 11.6 Å². The second-order valence-corrected chi connectivity index (χ2v) is 5.88. The molecule has 0 heterocycles. The van der Waals surface area contributed by atoms with E-state index in [-0.39, 0.29) is 11.3 Å². The fourth-order valence-corrected chi connectivity index (χ4v) is 2.42. The lowest BCUT2D eigenvalue weighted by Gasteiger charge is -2.28. The van der Waals surface area contributed by atoms with Crippen molar-refractivity contribution < 1.29 is 45.7 Å². The van der Waals surface area contributed by atoms with Gasteiger partial charge in [-0.05, 0) is 31.2 Å². The van der Waals surface area contributed by atoms with Gasteiger partial charge in [0.1, 0.15) is 11.5 Å². The Morgan fingerprint density at radius 2 is 1.54 bits per heavy atom. The van der Waals surface area contributed by atoms with Gasteiger partial charge >= 0.3 is 18.3 Å². The molecule has 2 aromatic carbocycles. The first-order valence-corrected chi connectivity index (χ1v) is 7.64. The van der Waals surface area contributed by atoms with Crippen LogP contribution in [0.15, 0.2) is 42.5 Å². The summed E-state index contributed by atoms with van der Waals surface area (Å²) < 4.78 is 87.6. The van der Waals surface area contributed by atoms with Crippen LogP contribution in [0.3, 0.4) is 0 Å². The SMILES string of the molecule is COc1cc(OC(C)(C(=O)O)c2cccc(C(F)(F)F)c2)ccc1C(F)(F)F. The molecule has 4 nitrogen and oxygen atoms in total. The molecule has 2 rings (SSSR count). The van der Waals surface area contributed by atoms with Gasteiger partial charge in [-0.2, -0.15) is 26.3 Å². The number of aliphatic carboxylic acids is 1. The summed E-state index contributed by atoms with van der Waals surface area (Å²) >= 11 is 0.